The van der Waals surface area contributed by atoms with Gasteiger partial charge in [0.2, 0.25) is 0 Å². The average Bonchev–Trinajstić information content (AvgIpc) is 2.15. The van der Waals surface area contributed by atoms with Crippen LogP contribution in [-0.4, -0.2) is 96.7 Å². The summed E-state index contributed by atoms with van der Waals surface area (Å²) in [4.78, 5) is 72.6. The third kappa shape index (κ3) is 67.0. The van der Waals surface area contributed by atoms with E-state index in [0.717, 1.165) is 95.8 Å². The summed E-state index contributed by atoms with van der Waals surface area (Å²) in [5, 5.41) is 10.6. The van der Waals surface area contributed by atoms with Crippen LogP contribution in [0.25, 0.3) is 0 Å². The van der Waals surface area contributed by atoms with Gasteiger partial charge in [0, 0.05) is 25.7 Å². The lowest BCUT2D eigenvalue weighted by Gasteiger charge is -2.21. The lowest BCUT2D eigenvalue weighted by molar-refractivity contribution is -0.161. The molecule has 0 rings (SSSR count). The van der Waals surface area contributed by atoms with Gasteiger partial charge >= 0.3 is 39.5 Å². The van der Waals surface area contributed by atoms with Gasteiger partial charge in [0.05, 0.1) is 26.4 Å². The predicted molar refractivity (Wildman–Crippen MR) is 377 cm³/mol. The number of rotatable bonds is 73. The Morgan fingerprint density at radius 2 is 0.548 bits per heavy atom. The van der Waals surface area contributed by atoms with E-state index in [1.807, 2.05) is 0 Å². The number of unbranched alkanes of at least 4 members (excludes halogenated alkanes) is 42. The van der Waals surface area contributed by atoms with E-state index in [-0.39, 0.29) is 25.7 Å². The number of carbonyl (C=O) groups is 4. The maximum Gasteiger partial charge on any atom is 0.472 e. The van der Waals surface area contributed by atoms with Crippen LogP contribution in [0.2, 0.25) is 0 Å². The number of ether oxygens (including phenoxy) is 4. The zero-order chi connectivity index (χ0) is 68.6. The summed E-state index contributed by atoms with van der Waals surface area (Å²) in [6.45, 7) is 9.53. The lowest BCUT2D eigenvalue weighted by Crippen LogP contribution is -2.30. The summed E-state index contributed by atoms with van der Waals surface area (Å²) >= 11 is 0. The second-order valence-corrected chi connectivity index (χ2v) is 30.3. The Kier molecular flexibility index (Phi) is 64.6. The number of carbonyl (C=O) groups excluding carboxylic acids is 4. The van der Waals surface area contributed by atoms with Gasteiger partial charge in [0.1, 0.15) is 19.3 Å². The second kappa shape index (κ2) is 66.0. The van der Waals surface area contributed by atoms with Crippen LogP contribution in [0.5, 0.6) is 0 Å². The van der Waals surface area contributed by atoms with Crippen LogP contribution in [0, 0.1) is 11.8 Å². The van der Waals surface area contributed by atoms with Crippen molar-refractivity contribution < 1.29 is 80.2 Å². The van der Waals surface area contributed by atoms with Crippen LogP contribution in [0.4, 0.5) is 0 Å². The predicted octanol–water partition coefficient (Wildman–Crippen LogP) is 21.6. The van der Waals surface area contributed by atoms with E-state index in [1.165, 1.54) is 199 Å². The Hall–Kier alpha value is -1.94. The summed E-state index contributed by atoms with van der Waals surface area (Å²) in [7, 11) is -9.90. The van der Waals surface area contributed by atoms with Gasteiger partial charge in [-0.2, -0.15) is 0 Å². The quantitative estimate of drug-likeness (QED) is 0.0222. The van der Waals surface area contributed by atoms with Crippen molar-refractivity contribution in [3.63, 3.8) is 0 Å². The summed E-state index contributed by atoms with van der Waals surface area (Å²) in [6, 6.07) is 0. The molecular weight excluding hydrogens is 1220 g/mol. The van der Waals surface area contributed by atoms with Crippen LogP contribution in [-0.2, 0) is 65.4 Å². The zero-order valence-corrected chi connectivity index (χ0v) is 62.3. The van der Waals surface area contributed by atoms with Gasteiger partial charge in [-0.05, 0) is 37.5 Å². The van der Waals surface area contributed by atoms with Crippen molar-refractivity contribution in [3.8, 4) is 0 Å². The van der Waals surface area contributed by atoms with E-state index < -0.39 is 97.5 Å². The highest BCUT2D eigenvalue weighted by Crippen LogP contribution is 2.45. The fourth-order valence-electron chi connectivity index (χ4n) is 11.3. The minimum Gasteiger partial charge on any atom is -0.462 e. The molecule has 0 bridgehead atoms. The Labute approximate surface area is 568 Å². The summed E-state index contributed by atoms with van der Waals surface area (Å²) in [6.07, 6.45) is 52.9. The summed E-state index contributed by atoms with van der Waals surface area (Å²) in [5.41, 5.74) is 0. The molecule has 93 heavy (non-hydrogen) atoms. The van der Waals surface area contributed by atoms with Crippen LogP contribution in [0.1, 0.15) is 382 Å². The fraction of sp³-hybridized carbons (Fsp3) is 0.946. The normalized spacial score (nSPS) is 14.3. The third-order valence-corrected chi connectivity index (χ3v) is 19.5. The first-order chi connectivity index (χ1) is 44.9. The SMILES string of the molecule is CCCCCCCCCCCCCCCCCCCC(=O)OC[C@H](COP(=O)(O)OC[C@@H](O)COP(=O)(O)OC[C@@H](COC(=O)CCCCCCCCCCC)OC(=O)CCCCCCCCC(C)C)OC(=O)CCCCCCCCCCCCCCCCC(C)CC. The minimum atomic E-state index is -4.96. The number of hydrogen-bond donors (Lipinski definition) is 3. The Morgan fingerprint density at radius 1 is 0.312 bits per heavy atom. The highest BCUT2D eigenvalue weighted by molar-refractivity contribution is 7.47. The highest BCUT2D eigenvalue weighted by atomic mass is 31.2. The van der Waals surface area contributed by atoms with E-state index in [1.54, 1.807) is 0 Å². The van der Waals surface area contributed by atoms with Crippen LogP contribution in [0.15, 0.2) is 0 Å². The van der Waals surface area contributed by atoms with Gasteiger partial charge in [-0.25, -0.2) is 9.13 Å². The zero-order valence-electron chi connectivity index (χ0n) is 60.6. The number of aliphatic hydroxyl groups excluding tert-OH is 1. The summed E-state index contributed by atoms with van der Waals surface area (Å²) < 4.78 is 68.3. The maximum absolute atomic E-state index is 13.1. The first kappa shape index (κ1) is 91.1. The molecule has 0 saturated carbocycles. The molecule has 6 atom stereocenters. The first-order valence-electron chi connectivity index (χ1n) is 38.5. The molecule has 17 nitrogen and oxygen atoms in total. The van der Waals surface area contributed by atoms with Crippen molar-refractivity contribution in [1.82, 2.24) is 0 Å². The average molecular weight is 1370 g/mol. The molecule has 0 saturated heterocycles. The highest BCUT2D eigenvalue weighted by Gasteiger charge is 2.30. The largest absolute Gasteiger partial charge is 0.472 e. The molecule has 0 aromatic heterocycles. The van der Waals surface area contributed by atoms with Crippen LogP contribution < -0.4 is 0 Å². The molecule has 0 radical (unpaired) electrons. The van der Waals surface area contributed by atoms with Crippen LogP contribution >= 0.6 is 15.6 Å². The Morgan fingerprint density at radius 3 is 0.817 bits per heavy atom. The van der Waals surface area contributed by atoms with E-state index >= 15 is 0 Å². The minimum absolute atomic E-state index is 0.102. The topological polar surface area (TPSA) is 237 Å². The number of esters is 4. The first-order valence-corrected chi connectivity index (χ1v) is 41.5. The Balaban J connectivity index is 5.20. The monoisotopic (exact) mass is 1370 g/mol. The number of aliphatic hydroxyl groups is 1. The smallest absolute Gasteiger partial charge is 0.462 e. The standard InChI is InChI=1S/C74H144O17P2/c1-7-10-12-14-16-18-19-20-21-22-23-27-30-34-38-45-51-57-72(77)85-62-69(90-73(78)58-52-46-39-35-31-28-25-24-26-29-33-36-43-49-55-67(6)9-3)64-88-92(80,81)86-60-68(75)61-87-93(82,83)89-65-70(91-74(79)59-53-47-41-40-42-48-54-66(4)5)63-84-71(76)56-50-44-37-32-17-15-13-11-8-2/h66-70,75H,7-65H2,1-6H3,(H,80,81)(H,82,83)/t67?,68-,69-,70-/m1/s1. The molecule has 0 aromatic carbocycles. The third-order valence-electron chi connectivity index (χ3n) is 17.6. The second-order valence-electron chi connectivity index (χ2n) is 27.4. The van der Waals surface area contributed by atoms with Crippen molar-refractivity contribution in [2.45, 2.75) is 400 Å². The molecule has 3 N–H and O–H groups in total. The molecule has 552 valence electrons. The molecule has 19 heteroatoms. The molecule has 0 aliphatic heterocycles. The van der Waals surface area contributed by atoms with E-state index in [0.29, 0.717) is 31.6 Å². The van der Waals surface area contributed by atoms with Gasteiger partial charge in [0.25, 0.3) is 0 Å². The molecule has 0 heterocycles. The fourth-order valence-corrected chi connectivity index (χ4v) is 12.8. The Bertz CT molecular complexity index is 1810. The molecule has 0 fully saturated rings. The number of phosphoric ester groups is 2. The molecule has 0 aromatic rings. The van der Waals surface area contributed by atoms with Gasteiger partial charge in [-0.3, -0.25) is 37.3 Å². The number of phosphoric acid groups is 2. The summed E-state index contributed by atoms with van der Waals surface area (Å²) in [5.74, 6) is -0.608. The number of hydrogen-bond acceptors (Lipinski definition) is 15. The van der Waals surface area contributed by atoms with Gasteiger partial charge in [0.15, 0.2) is 12.2 Å². The molecule has 0 spiro atoms. The molecule has 0 aliphatic rings. The van der Waals surface area contributed by atoms with E-state index in [2.05, 4.69) is 41.5 Å². The van der Waals surface area contributed by atoms with E-state index in [9.17, 15) is 43.2 Å². The van der Waals surface area contributed by atoms with Crippen LogP contribution in [0.3, 0.4) is 0 Å². The van der Waals surface area contributed by atoms with Gasteiger partial charge in [-0.15, -0.1) is 0 Å². The van der Waals surface area contributed by atoms with Crippen molar-refractivity contribution in [3.05, 3.63) is 0 Å². The van der Waals surface area contributed by atoms with Crippen molar-refractivity contribution in [1.29, 1.82) is 0 Å². The molecule has 0 amide bonds. The lowest BCUT2D eigenvalue weighted by atomic mass is 9.99. The van der Waals surface area contributed by atoms with Gasteiger partial charge in [-0.1, -0.05) is 330 Å². The molecular formula is C74H144O17P2. The van der Waals surface area contributed by atoms with E-state index in [4.69, 9.17) is 37.0 Å². The van der Waals surface area contributed by atoms with Crippen molar-refractivity contribution >= 4 is 39.5 Å². The van der Waals surface area contributed by atoms with Crippen molar-refractivity contribution in [2.75, 3.05) is 39.6 Å². The molecule has 3 unspecified atom stereocenters. The van der Waals surface area contributed by atoms with Crippen molar-refractivity contribution in [2.24, 2.45) is 11.8 Å². The molecule has 0 aliphatic carbocycles. The maximum atomic E-state index is 13.1. The van der Waals surface area contributed by atoms with Gasteiger partial charge < -0.3 is 33.8 Å².